The van der Waals surface area contributed by atoms with Gasteiger partial charge in [-0.2, -0.15) is 0 Å². The molecule has 1 saturated heterocycles. The van der Waals surface area contributed by atoms with Gasteiger partial charge in [0.1, 0.15) is 5.82 Å². The smallest absolute Gasteiger partial charge is 0.239 e. The summed E-state index contributed by atoms with van der Waals surface area (Å²) >= 11 is 0. The van der Waals surface area contributed by atoms with Crippen LogP contribution in [0, 0.1) is 5.82 Å². The van der Waals surface area contributed by atoms with Crippen molar-refractivity contribution in [3.63, 3.8) is 0 Å². The molecular weight excluding hydrogens is 345 g/mol. The molecule has 1 fully saturated rings. The minimum absolute atomic E-state index is 0.108. The van der Waals surface area contributed by atoms with Gasteiger partial charge in [-0.15, -0.1) is 0 Å². The minimum atomic E-state index is -3.72. The Morgan fingerprint density at radius 1 is 1.16 bits per heavy atom. The van der Waals surface area contributed by atoms with Crippen LogP contribution < -0.4 is 14.9 Å². The molecule has 3 rings (SSSR count). The van der Waals surface area contributed by atoms with Gasteiger partial charge in [0.25, 0.3) is 0 Å². The molecule has 132 valence electrons. The second kappa shape index (κ2) is 7.10. The molecule has 6 nitrogen and oxygen atoms in total. The number of rotatable bonds is 5. The molecule has 0 aromatic heterocycles. The second-order valence-corrected chi connectivity index (χ2v) is 7.50. The third-order valence-electron chi connectivity index (χ3n) is 3.79. The van der Waals surface area contributed by atoms with Crippen molar-refractivity contribution in [3.8, 4) is 0 Å². The number of nitrogens with zero attached hydrogens (tertiary/aromatic N) is 1. The van der Waals surface area contributed by atoms with E-state index in [9.17, 15) is 17.6 Å². The summed E-state index contributed by atoms with van der Waals surface area (Å²) in [6.45, 7) is 1.26. The molecule has 0 atom stereocenters. The summed E-state index contributed by atoms with van der Waals surface area (Å²) in [4.78, 5) is 13.4. The van der Waals surface area contributed by atoms with Gasteiger partial charge >= 0.3 is 0 Å². The Morgan fingerprint density at radius 2 is 1.96 bits per heavy atom. The average molecular weight is 363 g/mol. The highest BCUT2D eigenvalue weighted by Gasteiger charge is 2.21. The number of carbonyl (C=O) groups is 1. The van der Waals surface area contributed by atoms with E-state index in [2.05, 4.69) is 10.0 Å². The van der Waals surface area contributed by atoms with Crippen molar-refractivity contribution in [1.82, 2.24) is 5.32 Å². The molecule has 1 aliphatic rings. The van der Waals surface area contributed by atoms with Crippen LogP contribution in [0.25, 0.3) is 0 Å². The van der Waals surface area contributed by atoms with Crippen molar-refractivity contribution in [2.24, 2.45) is 0 Å². The van der Waals surface area contributed by atoms with E-state index >= 15 is 0 Å². The van der Waals surface area contributed by atoms with Gasteiger partial charge in [0, 0.05) is 13.1 Å². The molecule has 0 radical (unpaired) electrons. The fraction of sp³-hybridized carbons (Fsp3) is 0.235. The highest BCUT2D eigenvalue weighted by Crippen LogP contribution is 2.27. The van der Waals surface area contributed by atoms with Crippen molar-refractivity contribution >= 4 is 27.3 Å². The molecule has 1 heterocycles. The normalized spacial score (nSPS) is 14.9. The minimum Gasteiger partial charge on any atom is -0.359 e. The molecule has 1 amide bonds. The van der Waals surface area contributed by atoms with Crippen molar-refractivity contribution in [3.05, 3.63) is 59.9 Å². The van der Waals surface area contributed by atoms with E-state index in [1.807, 2.05) is 4.90 Å². The summed E-state index contributed by atoms with van der Waals surface area (Å²) in [5.41, 5.74) is 1.40. The summed E-state index contributed by atoms with van der Waals surface area (Å²) in [5.74, 6) is -0.921. The first-order valence-corrected chi connectivity index (χ1v) is 9.44. The van der Waals surface area contributed by atoms with E-state index in [0.29, 0.717) is 30.0 Å². The molecule has 1 aliphatic heterocycles. The van der Waals surface area contributed by atoms with Crippen LogP contribution >= 0.6 is 0 Å². The number of anilines is 2. The van der Waals surface area contributed by atoms with Gasteiger partial charge in [-0.05, 0) is 29.8 Å². The van der Waals surface area contributed by atoms with Crippen molar-refractivity contribution < 1.29 is 17.6 Å². The third kappa shape index (κ3) is 4.48. The quantitative estimate of drug-likeness (QED) is 0.848. The van der Waals surface area contributed by atoms with Crippen molar-refractivity contribution in [2.45, 2.75) is 5.75 Å². The molecule has 0 saturated carbocycles. The zero-order valence-electron chi connectivity index (χ0n) is 13.4. The summed E-state index contributed by atoms with van der Waals surface area (Å²) in [6.07, 6.45) is 0. The van der Waals surface area contributed by atoms with Crippen LogP contribution in [0.2, 0.25) is 0 Å². The van der Waals surface area contributed by atoms with Crippen LogP contribution in [0.3, 0.4) is 0 Å². The van der Waals surface area contributed by atoms with Crippen molar-refractivity contribution in [1.29, 1.82) is 0 Å². The molecule has 0 spiro atoms. The number of nitrogens with one attached hydrogen (secondary N) is 2. The van der Waals surface area contributed by atoms with Crippen LogP contribution in [0.1, 0.15) is 5.56 Å². The van der Waals surface area contributed by atoms with E-state index in [1.54, 1.807) is 30.3 Å². The van der Waals surface area contributed by atoms with E-state index in [4.69, 9.17) is 0 Å². The van der Waals surface area contributed by atoms with Gasteiger partial charge in [-0.1, -0.05) is 24.3 Å². The maximum atomic E-state index is 13.3. The average Bonchev–Trinajstić information content (AvgIpc) is 2.54. The fourth-order valence-corrected chi connectivity index (χ4v) is 3.93. The van der Waals surface area contributed by atoms with Gasteiger partial charge in [0.15, 0.2) is 0 Å². The zero-order chi connectivity index (χ0) is 17.9. The number of sulfonamides is 1. The number of piperazine rings is 1. The Bertz CT molecular complexity index is 886. The predicted molar refractivity (Wildman–Crippen MR) is 94.3 cm³/mol. The molecule has 8 heteroatoms. The van der Waals surface area contributed by atoms with Gasteiger partial charge in [-0.25, -0.2) is 12.8 Å². The molecule has 25 heavy (non-hydrogen) atoms. The van der Waals surface area contributed by atoms with Crippen LogP contribution in [0.5, 0.6) is 0 Å². The van der Waals surface area contributed by atoms with Crippen LogP contribution in [-0.2, 0) is 20.6 Å². The molecule has 0 unspecified atom stereocenters. The number of benzene rings is 2. The lowest BCUT2D eigenvalue weighted by atomic mass is 10.2. The number of amides is 1. The summed E-state index contributed by atoms with van der Waals surface area (Å²) in [5, 5.41) is 2.73. The summed E-state index contributed by atoms with van der Waals surface area (Å²) < 4.78 is 40.7. The number of para-hydroxylation sites is 2. The number of carbonyl (C=O) groups excluding carboxylic acids is 1. The lowest BCUT2D eigenvalue weighted by Crippen LogP contribution is -2.47. The molecule has 2 aromatic carbocycles. The van der Waals surface area contributed by atoms with Gasteiger partial charge in [-0.3, -0.25) is 9.52 Å². The largest absolute Gasteiger partial charge is 0.359 e. The SMILES string of the molecule is O=C1CN(c2ccccc2NS(=O)(=O)Cc2cccc(F)c2)CCN1. The molecule has 0 bridgehead atoms. The first kappa shape index (κ1) is 17.2. The van der Waals surface area contributed by atoms with Gasteiger partial charge in [0.2, 0.25) is 15.9 Å². The number of hydrogen-bond donors (Lipinski definition) is 2. The summed E-state index contributed by atoms with van der Waals surface area (Å²) in [6, 6.07) is 12.4. The van der Waals surface area contributed by atoms with Gasteiger partial charge < -0.3 is 10.2 Å². The van der Waals surface area contributed by atoms with Crippen LogP contribution in [0.4, 0.5) is 15.8 Å². The Morgan fingerprint density at radius 3 is 2.72 bits per heavy atom. The van der Waals surface area contributed by atoms with E-state index in [-0.39, 0.29) is 18.2 Å². The first-order valence-electron chi connectivity index (χ1n) is 7.78. The Hall–Kier alpha value is -2.61. The van der Waals surface area contributed by atoms with Crippen LogP contribution in [-0.4, -0.2) is 34.0 Å². The molecule has 0 aliphatic carbocycles. The lowest BCUT2D eigenvalue weighted by molar-refractivity contribution is -0.120. The standard InChI is InChI=1S/C17H18FN3O3S/c18-14-5-3-4-13(10-14)12-25(23,24)20-15-6-1-2-7-16(15)21-9-8-19-17(22)11-21/h1-7,10,20H,8-9,11-12H2,(H,19,22). The maximum absolute atomic E-state index is 13.3. The Kier molecular flexibility index (Phi) is 4.89. The molecule has 2 aromatic rings. The predicted octanol–water partition coefficient (Wildman–Crippen LogP) is 1.70. The monoisotopic (exact) mass is 363 g/mol. The first-order chi connectivity index (χ1) is 11.9. The van der Waals surface area contributed by atoms with Crippen molar-refractivity contribution in [2.75, 3.05) is 29.3 Å². The highest BCUT2D eigenvalue weighted by atomic mass is 32.2. The Balaban J connectivity index is 1.81. The lowest BCUT2D eigenvalue weighted by Gasteiger charge is -2.30. The molecule has 2 N–H and O–H groups in total. The van der Waals surface area contributed by atoms with E-state index in [0.717, 1.165) is 0 Å². The van der Waals surface area contributed by atoms with Crippen LogP contribution in [0.15, 0.2) is 48.5 Å². The second-order valence-electron chi connectivity index (χ2n) is 5.78. The van der Waals surface area contributed by atoms with Gasteiger partial charge in [0.05, 0.1) is 23.7 Å². The zero-order valence-corrected chi connectivity index (χ0v) is 14.2. The Labute approximate surface area is 145 Å². The maximum Gasteiger partial charge on any atom is 0.239 e. The number of halogens is 1. The third-order valence-corrected chi connectivity index (χ3v) is 5.04. The fourth-order valence-electron chi connectivity index (χ4n) is 2.73. The highest BCUT2D eigenvalue weighted by molar-refractivity contribution is 7.91. The van der Waals surface area contributed by atoms with E-state index < -0.39 is 15.8 Å². The van der Waals surface area contributed by atoms with E-state index in [1.165, 1.54) is 18.2 Å². The number of hydrogen-bond acceptors (Lipinski definition) is 4. The summed E-state index contributed by atoms with van der Waals surface area (Å²) in [7, 11) is -3.72. The topological polar surface area (TPSA) is 78.5 Å². The molecular formula is C17H18FN3O3S.